The van der Waals surface area contributed by atoms with Crippen molar-refractivity contribution in [3.05, 3.63) is 42.2 Å². The van der Waals surface area contributed by atoms with E-state index in [2.05, 4.69) is 43.3 Å². The van der Waals surface area contributed by atoms with Gasteiger partial charge in [-0.3, -0.25) is 4.68 Å². The normalized spacial score (nSPS) is 12.7. The number of hydrogen-bond acceptors (Lipinski definition) is 3. The molecule has 0 radical (unpaired) electrons. The van der Waals surface area contributed by atoms with Gasteiger partial charge >= 0.3 is 0 Å². The zero-order chi connectivity index (χ0) is 13.8. The first-order chi connectivity index (χ1) is 9.10. The van der Waals surface area contributed by atoms with Gasteiger partial charge in [0.1, 0.15) is 5.75 Å². The molecule has 0 amide bonds. The van der Waals surface area contributed by atoms with E-state index in [4.69, 9.17) is 4.74 Å². The summed E-state index contributed by atoms with van der Waals surface area (Å²) in [5.41, 5.74) is 1.24. The standard InChI is InChI=1S/C15H21N3O/c1-11(2)18-10-15(9-17-18)19-14-7-5-13(6-8-14)12(3)16-4/h5-12,16H,1-4H3. The molecular formula is C15H21N3O. The molecule has 0 bridgehead atoms. The lowest BCUT2D eigenvalue weighted by Crippen LogP contribution is -2.11. The Labute approximate surface area is 114 Å². The van der Waals surface area contributed by atoms with Crippen LogP contribution in [-0.2, 0) is 0 Å². The number of nitrogens with one attached hydrogen (secondary N) is 1. The number of rotatable bonds is 5. The molecule has 0 saturated heterocycles. The van der Waals surface area contributed by atoms with Crippen LogP contribution in [0.4, 0.5) is 0 Å². The largest absolute Gasteiger partial charge is 0.454 e. The Balaban J connectivity index is 2.06. The van der Waals surface area contributed by atoms with Crippen LogP contribution in [0, 0.1) is 0 Å². The highest BCUT2D eigenvalue weighted by Crippen LogP contribution is 2.23. The van der Waals surface area contributed by atoms with E-state index in [1.54, 1.807) is 6.20 Å². The first-order valence-corrected chi connectivity index (χ1v) is 6.59. The van der Waals surface area contributed by atoms with E-state index >= 15 is 0 Å². The van der Waals surface area contributed by atoms with Gasteiger partial charge < -0.3 is 10.1 Å². The van der Waals surface area contributed by atoms with Crippen molar-refractivity contribution in [2.75, 3.05) is 7.05 Å². The van der Waals surface area contributed by atoms with Gasteiger partial charge in [-0.15, -0.1) is 0 Å². The molecule has 1 N–H and O–H groups in total. The molecule has 1 aromatic carbocycles. The van der Waals surface area contributed by atoms with Crippen molar-refractivity contribution >= 4 is 0 Å². The topological polar surface area (TPSA) is 39.1 Å². The molecule has 0 aliphatic rings. The predicted octanol–water partition coefficient (Wildman–Crippen LogP) is 3.54. The summed E-state index contributed by atoms with van der Waals surface area (Å²) >= 11 is 0. The molecule has 0 aliphatic heterocycles. The molecule has 0 spiro atoms. The third-order valence-corrected chi connectivity index (χ3v) is 3.16. The first kappa shape index (κ1) is 13.6. The second-order valence-electron chi connectivity index (χ2n) is 4.93. The van der Waals surface area contributed by atoms with Crippen LogP contribution in [0.2, 0.25) is 0 Å². The van der Waals surface area contributed by atoms with Gasteiger partial charge in [-0.05, 0) is 45.5 Å². The minimum Gasteiger partial charge on any atom is -0.454 e. The number of hydrogen-bond donors (Lipinski definition) is 1. The summed E-state index contributed by atoms with van der Waals surface area (Å²) in [6.45, 7) is 6.30. The molecule has 19 heavy (non-hydrogen) atoms. The molecule has 102 valence electrons. The molecule has 1 aromatic heterocycles. The second-order valence-corrected chi connectivity index (χ2v) is 4.93. The summed E-state index contributed by atoms with van der Waals surface area (Å²) in [6, 6.07) is 8.80. The van der Waals surface area contributed by atoms with Gasteiger partial charge in [0.2, 0.25) is 0 Å². The highest BCUT2D eigenvalue weighted by Gasteiger charge is 2.05. The van der Waals surface area contributed by atoms with Crippen molar-refractivity contribution in [1.29, 1.82) is 0 Å². The monoisotopic (exact) mass is 259 g/mol. The maximum Gasteiger partial charge on any atom is 0.165 e. The SMILES string of the molecule is CNC(C)c1ccc(Oc2cnn(C(C)C)c2)cc1. The molecule has 4 nitrogen and oxygen atoms in total. The number of nitrogens with zero attached hydrogens (tertiary/aromatic N) is 2. The lowest BCUT2D eigenvalue weighted by molar-refractivity contribution is 0.476. The van der Waals surface area contributed by atoms with E-state index in [-0.39, 0.29) is 0 Å². The van der Waals surface area contributed by atoms with Crippen LogP contribution in [0.5, 0.6) is 11.5 Å². The van der Waals surface area contributed by atoms with Crippen LogP contribution < -0.4 is 10.1 Å². The number of aromatic nitrogens is 2. The molecule has 4 heteroatoms. The Bertz CT molecular complexity index is 516. The van der Waals surface area contributed by atoms with E-state index in [1.165, 1.54) is 5.56 Å². The molecule has 0 saturated carbocycles. The van der Waals surface area contributed by atoms with Crippen LogP contribution in [0.3, 0.4) is 0 Å². The van der Waals surface area contributed by atoms with Gasteiger partial charge in [0.15, 0.2) is 5.75 Å². The van der Waals surface area contributed by atoms with Gasteiger partial charge in [0.05, 0.1) is 12.4 Å². The molecule has 2 rings (SSSR count). The van der Waals surface area contributed by atoms with Crippen LogP contribution in [0.1, 0.15) is 38.4 Å². The fourth-order valence-electron chi connectivity index (χ4n) is 1.78. The van der Waals surface area contributed by atoms with Crippen molar-refractivity contribution in [2.24, 2.45) is 0 Å². The van der Waals surface area contributed by atoms with Crippen molar-refractivity contribution in [3.8, 4) is 11.5 Å². The molecule has 2 aromatic rings. The minimum absolute atomic E-state index is 0.344. The van der Waals surface area contributed by atoms with E-state index in [9.17, 15) is 0 Å². The fourth-order valence-corrected chi connectivity index (χ4v) is 1.78. The minimum atomic E-state index is 0.344. The summed E-state index contributed by atoms with van der Waals surface area (Å²) in [6.07, 6.45) is 3.65. The maximum absolute atomic E-state index is 5.77. The quantitative estimate of drug-likeness (QED) is 0.892. The fraction of sp³-hybridized carbons (Fsp3) is 0.400. The number of benzene rings is 1. The Morgan fingerprint density at radius 2 is 1.79 bits per heavy atom. The average Bonchev–Trinajstić information content (AvgIpc) is 2.87. The van der Waals surface area contributed by atoms with E-state index in [1.807, 2.05) is 30.1 Å². The van der Waals surface area contributed by atoms with E-state index in [0.29, 0.717) is 12.1 Å². The Hall–Kier alpha value is -1.81. The van der Waals surface area contributed by atoms with Gasteiger partial charge in [-0.2, -0.15) is 5.10 Å². The van der Waals surface area contributed by atoms with Crippen molar-refractivity contribution in [1.82, 2.24) is 15.1 Å². The zero-order valence-electron chi connectivity index (χ0n) is 11.9. The maximum atomic E-state index is 5.77. The van der Waals surface area contributed by atoms with Gasteiger partial charge in [-0.25, -0.2) is 0 Å². The summed E-state index contributed by atoms with van der Waals surface area (Å²) in [5.74, 6) is 1.60. The summed E-state index contributed by atoms with van der Waals surface area (Å²) < 4.78 is 7.66. The third kappa shape index (κ3) is 3.35. The molecule has 0 fully saturated rings. The van der Waals surface area contributed by atoms with E-state index in [0.717, 1.165) is 11.5 Å². The highest BCUT2D eigenvalue weighted by molar-refractivity contribution is 5.32. The Kier molecular flexibility index (Phi) is 4.22. The van der Waals surface area contributed by atoms with Crippen LogP contribution in [0.15, 0.2) is 36.7 Å². The van der Waals surface area contributed by atoms with Gasteiger partial charge in [0.25, 0.3) is 0 Å². The predicted molar refractivity (Wildman–Crippen MR) is 76.6 cm³/mol. The highest BCUT2D eigenvalue weighted by atomic mass is 16.5. The zero-order valence-corrected chi connectivity index (χ0v) is 11.9. The van der Waals surface area contributed by atoms with Gasteiger partial charge in [0, 0.05) is 12.1 Å². The molecule has 1 heterocycles. The van der Waals surface area contributed by atoms with Crippen LogP contribution in [0.25, 0.3) is 0 Å². The van der Waals surface area contributed by atoms with Crippen LogP contribution in [-0.4, -0.2) is 16.8 Å². The summed E-state index contributed by atoms with van der Waals surface area (Å²) in [4.78, 5) is 0. The van der Waals surface area contributed by atoms with E-state index < -0.39 is 0 Å². The van der Waals surface area contributed by atoms with Crippen molar-refractivity contribution in [2.45, 2.75) is 32.9 Å². The van der Waals surface area contributed by atoms with Gasteiger partial charge in [-0.1, -0.05) is 12.1 Å². The molecule has 0 aliphatic carbocycles. The summed E-state index contributed by atoms with van der Waals surface area (Å²) in [5, 5.41) is 7.46. The van der Waals surface area contributed by atoms with Crippen molar-refractivity contribution < 1.29 is 4.74 Å². The molecular weight excluding hydrogens is 238 g/mol. The average molecular weight is 259 g/mol. The number of ether oxygens (including phenoxy) is 1. The smallest absolute Gasteiger partial charge is 0.165 e. The Morgan fingerprint density at radius 1 is 1.11 bits per heavy atom. The Morgan fingerprint density at radius 3 is 2.32 bits per heavy atom. The van der Waals surface area contributed by atoms with Crippen molar-refractivity contribution in [3.63, 3.8) is 0 Å². The molecule has 1 unspecified atom stereocenters. The lowest BCUT2D eigenvalue weighted by Gasteiger charge is -2.11. The van der Waals surface area contributed by atoms with Crippen LogP contribution >= 0.6 is 0 Å². The lowest BCUT2D eigenvalue weighted by atomic mass is 10.1. The third-order valence-electron chi connectivity index (χ3n) is 3.16. The first-order valence-electron chi connectivity index (χ1n) is 6.59. The second kappa shape index (κ2) is 5.89. The molecule has 1 atom stereocenters. The summed E-state index contributed by atoms with van der Waals surface area (Å²) in [7, 11) is 1.95.